The first-order valence-corrected chi connectivity index (χ1v) is 7.03. The number of aliphatic hydroxyl groups is 1. The van der Waals surface area contributed by atoms with Gasteiger partial charge < -0.3 is 28.8 Å². The average molecular weight is 304 g/mol. The number of aliphatic hydroxyl groups excluding tert-OH is 1. The van der Waals surface area contributed by atoms with Crippen molar-refractivity contribution in [1.82, 2.24) is 0 Å². The topological polar surface area (TPSA) is 83.5 Å². The van der Waals surface area contributed by atoms with Gasteiger partial charge in [0.05, 0.1) is 26.4 Å². The summed E-state index contributed by atoms with van der Waals surface area (Å²) in [5.41, 5.74) is -1.53. The van der Waals surface area contributed by atoms with Gasteiger partial charge in [-0.15, -0.1) is 0 Å². The Labute approximate surface area is 124 Å². The Kier molecular flexibility index (Phi) is 4.34. The van der Waals surface area contributed by atoms with Crippen molar-refractivity contribution in [3.63, 3.8) is 0 Å². The average Bonchev–Trinajstić information content (AvgIpc) is 2.86. The molecule has 0 bridgehead atoms. The number of rotatable bonds is 4. The second-order valence-electron chi connectivity index (χ2n) is 6.33. The van der Waals surface area contributed by atoms with Crippen LogP contribution >= 0.6 is 0 Å². The van der Waals surface area contributed by atoms with Crippen molar-refractivity contribution in [2.24, 2.45) is 0 Å². The van der Waals surface area contributed by atoms with Gasteiger partial charge in [0, 0.05) is 6.42 Å². The summed E-state index contributed by atoms with van der Waals surface area (Å²) in [6.07, 6.45) is -0.548. The van der Waals surface area contributed by atoms with Crippen LogP contribution in [0, 0.1) is 0 Å². The SMILES string of the molecule is COC(=O)[C@@]1(CO)OC(C)(C)OC1CC1COC(C)(C)O1. The molecule has 2 aliphatic rings. The van der Waals surface area contributed by atoms with E-state index in [2.05, 4.69) is 0 Å². The number of hydrogen-bond acceptors (Lipinski definition) is 7. The normalized spacial score (nSPS) is 37.6. The summed E-state index contributed by atoms with van der Waals surface area (Å²) in [6.45, 7) is 6.90. The molecule has 2 rings (SSSR count). The van der Waals surface area contributed by atoms with Crippen molar-refractivity contribution in [2.75, 3.05) is 20.3 Å². The minimum Gasteiger partial charge on any atom is -0.467 e. The van der Waals surface area contributed by atoms with Gasteiger partial charge in [-0.3, -0.25) is 0 Å². The third-order valence-electron chi connectivity index (χ3n) is 3.68. The van der Waals surface area contributed by atoms with Gasteiger partial charge in [0.2, 0.25) is 5.60 Å². The third kappa shape index (κ3) is 3.22. The molecule has 2 heterocycles. The van der Waals surface area contributed by atoms with Crippen LogP contribution in [0.4, 0.5) is 0 Å². The van der Waals surface area contributed by atoms with Crippen molar-refractivity contribution in [1.29, 1.82) is 0 Å². The van der Waals surface area contributed by atoms with E-state index in [9.17, 15) is 9.90 Å². The Morgan fingerprint density at radius 2 is 1.90 bits per heavy atom. The van der Waals surface area contributed by atoms with Crippen LogP contribution in [-0.4, -0.2) is 60.8 Å². The molecule has 122 valence electrons. The Bertz CT molecular complexity index is 406. The van der Waals surface area contributed by atoms with Crippen LogP contribution in [-0.2, 0) is 28.5 Å². The Morgan fingerprint density at radius 1 is 1.24 bits per heavy atom. The van der Waals surface area contributed by atoms with Crippen molar-refractivity contribution >= 4 is 5.97 Å². The van der Waals surface area contributed by atoms with Crippen molar-refractivity contribution < 1.29 is 33.6 Å². The fraction of sp³-hybridized carbons (Fsp3) is 0.929. The van der Waals surface area contributed by atoms with Gasteiger partial charge in [0.15, 0.2) is 11.6 Å². The minimum atomic E-state index is -1.53. The lowest BCUT2D eigenvalue weighted by Crippen LogP contribution is -2.53. The first kappa shape index (κ1) is 16.6. The molecular formula is C14H24O7. The number of methoxy groups -OCH3 is 1. The molecule has 0 aromatic heterocycles. The maximum absolute atomic E-state index is 12.1. The molecule has 0 amide bonds. The fourth-order valence-corrected chi connectivity index (χ4v) is 2.87. The number of carbonyl (C=O) groups excluding carboxylic acids is 1. The summed E-state index contributed by atoms with van der Waals surface area (Å²) in [5.74, 6) is -2.30. The van der Waals surface area contributed by atoms with Gasteiger partial charge >= 0.3 is 5.97 Å². The lowest BCUT2D eigenvalue weighted by Gasteiger charge is -2.29. The Hall–Kier alpha value is -0.730. The van der Waals surface area contributed by atoms with Gasteiger partial charge in [0.1, 0.15) is 6.10 Å². The maximum atomic E-state index is 12.1. The zero-order valence-electron chi connectivity index (χ0n) is 13.2. The van der Waals surface area contributed by atoms with E-state index in [4.69, 9.17) is 23.7 Å². The molecule has 21 heavy (non-hydrogen) atoms. The van der Waals surface area contributed by atoms with Gasteiger partial charge in [-0.2, -0.15) is 0 Å². The van der Waals surface area contributed by atoms with E-state index in [0.29, 0.717) is 13.0 Å². The highest BCUT2D eigenvalue weighted by Gasteiger charge is 2.59. The number of esters is 1. The monoisotopic (exact) mass is 304 g/mol. The second-order valence-corrected chi connectivity index (χ2v) is 6.33. The molecular weight excluding hydrogens is 280 g/mol. The van der Waals surface area contributed by atoms with Crippen LogP contribution in [0.25, 0.3) is 0 Å². The van der Waals surface area contributed by atoms with Crippen LogP contribution in [0.1, 0.15) is 34.1 Å². The van der Waals surface area contributed by atoms with Crippen LogP contribution in [0.2, 0.25) is 0 Å². The lowest BCUT2D eigenvalue weighted by atomic mass is 9.93. The van der Waals surface area contributed by atoms with Crippen LogP contribution < -0.4 is 0 Å². The summed E-state index contributed by atoms with van der Waals surface area (Å²) in [6, 6.07) is 0. The first-order valence-electron chi connectivity index (χ1n) is 7.03. The molecule has 0 saturated carbocycles. The molecule has 7 nitrogen and oxygen atoms in total. The number of ether oxygens (including phenoxy) is 5. The smallest absolute Gasteiger partial charge is 0.343 e. The molecule has 0 aliphatic carbocycles. The largest absolute Gasteiger partial charge is 0.467 e. The molecule has 2 aliphatic heterocycles. The summed E-state index contributed by atoms with van der Waals surface area (Å²) in [4.78, 5) is 12.1. The van der Waals surface area contributed by atoms with Gasteiger partial charge in [-0.05, 0) is 27.7 Å². The highest BCUT2D eigenvalue weighted by Crippen LogP contribution is 2.40. The van der Waals surface area contributed by atoms with Crippen LogP contribution in [0.5, 0.6) is 0 Å². The predicted octanol–water partition coefficient (Wildman–Crippen LogP) is 0.584. The Morgan fingerprint density at radius 3 is 2.38 bits per heavy atom. The van der Waals surface area contributed by atoms with E-state index >= 15 is 0 Å². The van der Waals surface area contributed by atoms with E-state index in [0.717, 1.165) is 0 Å². The second kappa shape index (κ2) is 5.48. The predicted molar refractivity (Wildman–Crippen MR) is 71.4 cm³/mol. The van der Waals surface area contributed by atoms with Gasteiger partial charge in [0.25, 0.3) is 0 Å². The molecule has 3 atom stereocenters. The fourth-order valence-electron chi connectivity index (χ4n) is 2.87. The van der Waals surface area contributed by atoms with Crippen molar-refractivity contribution in [3.05, 3.63) is 0 Å². The summed E-state index contributed by atoms with van der Waals surface area (Å²) >= 11 is 0. The van der Waals surface area contributed by atoms with E-state index in [-0.39, 0.29) is 6.10 Å². The van der Waals surface area contributed by atoms with Crippen LogP contribution in [0.3, 0.4) is 0 Å². The number of hydrogen-bond donors (Lipinski definition) is 1. The summed E-state index contributed by atoms with van der Waals surface area (Å²) in [7, 11) is 1.25. The van der Waals surface area contributed by atoms with Crippen molar-refractivity contribution in [2.45, 2.75) is 63.5 Å². The van der Waals surface area contributed by atoms with Gasteiger partial charge in [-0.25, -0.2) is 4.79 Å². The first-order chi connectivity index (χ1) is 9.64. The maximum Gasteiger partial charge on any atom is 0.343 e. The minimum absolute atomic E-state index is 0.238. The zero-order valence-corrected chi connectivity index (χ0v) is 13.2. The van der Waals surface area contributed by atoms with E-state index in [1.165, 1.54) is 7.11 Å². The third-order valence-corrected chi connectivity index (χ3v) is 3.68. The highest BCUT2D eigenvalue weighted by molar-refractivity contribution is 5.81. The van der Waals surface area contributed by atoms with Crippen LogP contribution in [0.15, 0.2) is 0 Å². The molecule has 2 fully saturated rings. The molecule has 1 N–H and O–H groups in total. The molecule has 2 saturated heterocycles. The highest BCUT2D eigenvalue weighted by atomic mass is 16.8. The summed E-state index contributed by atoms with van der Waals surface area (Å²) in [5, 5.41) is 9.72. The molecule has 0 radical (unpaired) electrons. The van der Waals surface area contributed by atoms with E-state index < -0.39 is 35.9 Å². The quantitative estimate of drug-likeness (QED) is 0.761. The lowest BCUT2D eigenvalue weighted by molar-refractivity contribution is -0.193. The van der Waals surface area contributed by atoms with Gasteiger partial charge in [-0.1, -0.05) is 0 Å². The van der Waals surface area contributed by atoms with Crippen molar-refractivity contribution in [3.8, 4) is 0 Å². The molecule has 2 unspecified atom stereocenters. The van der Waals surface area contributed by atoms with E-state index in [1.807, 2.05) is 13.8 Å². The molecule has 0 aromatic rings. The standard InChI is InChI=1S/C14H24O7/c1-12(2)18-7-9(19-12)6-10-14(8-15,11(16)17-5)21-13(3,4)20-10/h9-10,15H,6-8H2,1-5H3/t9?,10?,14-/m0/s1. The molecule has 7 heteroatoms. The number of carbonyl (C=O) groups is 1. The zero-order chi connectivity index (χ0) is 15.9. The Balaban J connectivity index is 2.17. The molecule has 0 spiro atoms. The van der Waals surface area contributed by atoms with E-state index in [1.54, 1.807) is 13.8 Å². The molecule has 0 aromatic carbocycles. The summed E-state index contributed by atoms with van der Waals surface area (Å²) < 4.78 is 27.5.